The standard InChI is InChI=1S/C16H23NO4/c1-4-16(5-2,15(19)20)11-17-14(18)13-9-7-6-8-12(13)10-21-3/h6-9H,4-5,10-11H2,1-3H3,(H,17,18)(H,19,20). The molecule has 1 aromatic carbocycles. The molecule has 1 aromatic rings. The molecule has 0 saturated carbocycles. The molecule has 21 heavy (non-hydrogen) atoms. The summed E-state index contributed by atoms with van der Waals surface area (Å²) in [6.07, 6.45) is 0.942. The van der Waals surface area contributed by atoms with Gasteiger partial charge < -0.3 is 15.2 Å². The molecule has 0 fully saturated rings. The number of ether oxygens (including phenoxy) is 1. The summed E-state index contributed by atoms with van der Waals surface area (Å²) in [5.74, 6) is -1.15. The van der Waals surface area contributed by atoms with Gasteiger partial charge in [-0.25, -0.2) is 0 Å². The van der Waals surface area contributed by atoms with E-state index in [2.05, 4.69) is 5.32 Å². The van der Waals surface area contributed by atoms with Gasteiger partial charge in [0.05, 0.1) is 12.0 Å². The highest BCUT2D eigenvalue weighted by atomic mass is 16.5. The number of carboxylic acids is 1. The summed E-state index contributed by atoms with van der Waals surface area (Å²) in [5, 5.41) is 12.1. The van der Waals surface area contributed by atoms with E-state index in [0.717, 1.165) is 5.56 Å². The van der Waals surface area contributed by atoms with E-state index in [1.165, 1.54) is 0 Å². The number of carbonyl (C=O) groups excluding carboxylic acids is 1. The lowest BCUT2D eigenvalue weighted by Crippen LogP contribution is -2.42. The second-order valence-corrected chi connectivity index (χ2v) is 5.07. The fourth-order valence-corrected chi connectivity index (χ4v) is 2.25. The molecular weight excluding hydrogens is 270 g/mol. The van der Waals surface area contributed by atoms with Gasteiger partial charge in [0.15, 0.2) is 0 Å². The van der Waals surface area contributed by atoms with E-state index in [0.29, 0.717) is 25.0 Å². The second-order valence-electron chi connectivity index (χ2n) is 5.07. The average Bonchev–Trinajstić information content (AvgIpc) is 2.49. The molecule has 0 atom stereocenters. The zero-order chi connectivity index (χ0) is 15.9. The smallest absolute Gasteiger partial charge is 0.311 e. The van der Waals surface area contributed by atoms with Gasteiger partial charge >= 0.3 is 5.97 Å². The number of methoxy groups -OCH3 is 1. The summed E-state index contributed by atoms with van der Waals surface area (Å²) in [5.41, 5.74) is 0.392. The number of benzene rings is 1. The second kappa shape index (κ2) is 7.78. The first kappa shape index (κ1) is 17.2. The molecule has 2 N–H and O–H groups in total. The molecule has 1 rings (SSSR count). The Hall–Kier alpha value is -1.88. The van der Waals surface area contributed by atoms with Crippen LogP contribution in [0.15, 0.2) is 24.3 Å². The highest BCUT2D eigenvalue weighted by Gasteiger charge is 2.35. The quantitative estimate of drug-likeness (QED) is 0.772. The average molecular weight is 293 g/mol. The largest absolute Gasteiger partial charge is 0.481 e. The van der Waals surface area contributed by atoms with Crippen LogP contribution in [0.2, 0.25) is 0 Å². The Morgan fingerprint density at radius 3 is 2.38 bits per heavy atom. The third-order valence-corrected chi connectivity index (χ3v) is 3.96. The molecule has 0 saturated heterocycles. The van der Waals surface area contributed by atoms with Crippen molar-refractivity contribution in [2.45, 2.75) is 33.3 Å². The van der Waals surface area contributed by atoms with E-state index in [1.54, 1.807) is 19.2 Å². The molecule has 0 bridgehead atoms. The molecule has 0 radical (unpaired) electrons. The molecular formula is C16H23NO4. The Balaban J connectivity index is 2.84. The van der Waals surface area contributed by atoms with Crippen LogP contribution in [0.5, 0.6) is 0 Å². The van der Waals surface area contributed by atoms with E-state index >= 15 is 0 Å². The molecule has 0 aliphatic heterocycles. The van der Waals surface area contributed by atoms with Crippen molar-refractivity contribution < 1.29 is 19.4 Å². The molecule has 0 aliphatic rings. The topological polar surface area (TPSA) is 75.6 Å². The van der Waals surface area contributed by atoms with Crippen LogP contribution in [-0.2, 0) is 16.1 Å². The molecule has 116 valence electrons. The third kappa shape index (κ3) is 4.04. The normalized spacial score (nSPS) is 11.2. The maximum absolute atomic E-state index is 12.3. The molecule has 0 aromatic heterocycles. The van der Waals surface area contributed by atoms with Crippen molar-refractivity contribution in [1.82, 2.24) is 5.32 Å². The van der Waals surface area contributed by atoms with E-state index in [9.17, 15) is 14.7 Å². The Morgan fingerprint density at radius 2 is 1.86 bits per heavy atom. The van der Waals surface area contributed by atoms with Crippen molar-refractivity contribution in [3.8, 4) is 0 Å². The van der Waals surface area contributed by atoms with Crippen LogP contribution in [0.25, 0.3) is 0 Å². The Labute approximate surface area is 125 Å². The van der Waals surface area contributed by atoms with Crippen LogP contribution >= 0.6 is 0 Å². The highest BCUT2D eigenvalue weighted by molar-refractivity contribution is 5.96. The zero-order valence-electron chi connectivity index (χ0n) is 12.8. The fourth-order valence-electron chi connectivity index (χ4n) is 2.25. The predicted octanol–water partition coefficient (Wildman–Crippen LogP) is 2.45. The minimum absolute atomic E-state index is 0.121. The fraction of sp³-hybridized carbons (Fsp3) is 0.500. The molecule has 0 unspecified atom stereocenters. The van der Waals surface area contributed by atoms with Crippen molar-refractivity contribution in [3.05, 3.63) is 35.4 Å². The van der Waals surface area contributed by atoms with Crippen LogP contribution < -0.4 is 5.32 Å². The van der Waals surface area contributed by atoms with Crippen molar-refractivity contribution >= 4 is 11.9 Å². The van der Waals surface area contributed by atoms with Gasteiger partial charge in [-0.15, -0.1) is 0 Å². The zero-order valence-corrected chi connectivity index (χ0v) is 12.8. The van der Waals surface area contributed by atoms with Gasteiger partial charge in [0.1, 0.15) is 0 Å². The van der Waals surface area contributed by atoms with Gasteiger partial charge in [-0.05, 0) is 24.5 Å². The summed E-state index contributed by atoms with van der Waals surface area (Å²) in [7, 11) is 1.57. The number of hydrogen-bond donors (Lipinski definition) is 2. The number of rotatable bonds is 8. The number of amides is 1. The highest BCUT2D eigenvalue weighted by Crippen LogP contribution is 2.26. The van der Waals surface area contributed by atoms with Crippen molar-refractivity contribution in [2.75, 3.05) is 13.7 Å². The summed E-state index contributed by atoms with van der Waals surface area (Å²) in [6, 6.07) is 7.15. The first-order valence-electron chi connectivity index (χ1n) is 7.09. The van der Waals surface area contributed by atoms with Crippen LogP contribution in [0.4, 0.5) is 0 Å². The summed E-state index contributed by atoms with van der Waals surface area (Å²) in [4.78, 5) is 23.7. The van der Waals surface area contributed by atoms with Crippen molar-refractivity contribution in [1.29, 1.82) is 0 Å². The van der Waals surface area contributed by atoms with Crippen LogP contribution in [-0.4, -0.2) is 30.6 Å². The van der Waals surface area contributed by atoms with Gasteiger partial charge in [-0.2, -0.15) is 0 Å². The summed E-state index contributed by atoms with van der Waals surface area (Å²) in [6.45, 7) is 4.11. The number of nitrogens with one attached hydrogen (secondary N) is 1. The van der Waals surface area contributed by atoms with Crippen molar-refractivity contribution in [2.24, 2.45) is 5.41 Å². The number of carboxylic acid groups (broad SMARTS) is 1. The lowest BCUT2D eigenvalue weighted by Gasteiger charge is -2.27. The van der Waals surface area contributed by atoms with Gasteiger partial charge in [-0.3, -0.25) is 9.59 Å². The Kier molecular flexibility index (Phi) is 6.37. The van der Waals surface area contributed by atoms with Gasteiger partial charge in [0.25, 0.3) is 5.91 Å². The Morgan fingerprint density at radius 1 is 1.24 bits per heavy atom. The van der Waals surface area contributed by atoms with Crippen LogP contribution in [0.1, 0.15) is 42.6 Å². The summed E-state index contributed by atoms with van der Waals surface area (Å²) >= 11 is 0. The minimum atomic E-state index is -0.911. The van der Waals surface area contributed by atoms with E-state index < -0.39 is 11.4 Å². The first-order valence-corrected chi connectivity index (χ1v) is 7.09. The van der Waals surface area contributed by atoms with Crippen molar-refractivity contribution in [3.63, 3.8) is 0 Å². The molecule has 0 aliphatic carbocycles. The monoisotopic (exact) mass is 293 g/mol. The number of carbonyl (C=O) groups is 2. The Bertz CT molecular complexity index is 495. The molecule has 5 nitrogen and oxygen atoms in total. The SMILES string of the molecule is CCC(CC)(CNC(=O)c1ccccc1COC)C(=O)O. The minimum Gasteiger partial charge on any atom is -0.481 e. The lowest BCUT2D eigenvalue weighted by molar-refractivity contribution is -0.149. The molecule has 1 amide bonds. The maximum atomic E-state index is 12.3. The molecule has 0 heterocycles. The predicted molar refractivity (Wildman–Crippen MR) is 80.1 cm³/mol. The van der Waals surface area contributed by atoms with Gasteiger partial charge in [0, 0.05) is 19.2 Å². The van der Waals surface area contributed by atoms with E-state index in [1.807, 2.05) is 26.0 Å². The molecule has 5 heteroatoms. The van der Waals surface area contributed by atoms with Crippen LogP contribution in [0, 0.1) is 5.41 Å². The summed E-state index contributed by atoms with van der Waals surface area (Å²) < 4.78 is 5.07. The van der Waals surface area contributed by atoms with Crippen LogP contribution in [0.3, 0.4) is 0 Å². The molecule has 0 spiro atoms. The third-order valence-electron chi connectivity index (χ3n) is 3.96. The van der Waals surface area contributed by atoms with E-state index in [4.69, 9.17) is 4.74 Å². The lowest BCUT2D eigenvalue weighted by atomic mass is 9.82. The number of hydrogen-bond acceptors (Lipinski definition) is 3. The maximum Gasteiger partial charge on any atom is 0.311 e. The van der Waals surface area contributed by atoms with E-state index in [-0.39, 0.29) is 12.5 Å². The number of aliphatic carboxylic acids is 1. The van der Waals surface area contributed by atoms with Gasteiger partial charge in [0.2, 0.25) is 0 Å². The van der Waals surface area contributed by atoms with Gasteiger partial charge in [-0.1, -0.05) is 32.0 Å². The first-order chi connectivity index (χ1) is 10.0.